The average molecular weight is 325 g/mol. The molecule has 1 aromatic carbocycles. The molecule has 1 saturated carbocycles. The van der Waals surface area contributed by atoms with Crippen LogP contribution in [0, 0.1) is 20.8 Å². The summed E-state index contributed by atoms with van der Waals surface area (Å²) in [5.41, 5.74) is 2.80. The van der Waals surface area contributed by atoms with Crippen molar-refractivity contribution in [2.24, 2.45) is 0 Å². The second kappa shape index (κ2) is 5.77. The van der Waals surface area contributed by atoms with E-state index in [0.29, 0.717) is 0 Å². The Morgan fingerprint density at radius 2 is 1.86 bits per heavy atom. The zero-order valence-electron chi connectivity index (χ0n) is 12.8. The van der Waals surface area contributed by atoms with Gasteiger partial charge < -0.3 is 4.42 Å². The van der Waals surface area contributed by atoms with Crippen LogP contribution in [0.2, 0.25) is 5.02 Å². The van der Waals surface area contributed by atoms with E-state index in [9.17, 15) is 4.21 Å². The van der Waals surface area contributed by atoms with Crippen molar-refractivity contribution in [2.45, 2.75) is 63.0 Å². The minimum atomic E-state index is -1.00. The number of aryl methyl sites for hydroxylation is 3. The summed E-state index contributed by atoms with van der Waals surface area (Å²) < 4.78 is 18.9. The van der Waals surface area contributed by atoms with Crippen molar-refractivity contribution in [3.63, 3.8) is 0 Å². The quantitative estimate of drug-likeness (QED) is 0.735. The molecule has 1 atom stereocenters. The summed E-state index contributed by atoms with van der Waals surface area (Å²) in [5.74, 6) is 0.777. The smallest absolute Gasteiger partial charge is 0.136 e. The number of halogens is 1. The Bertz CT molecular complexity index is 711. The van der Waals surface area contributed by atoms with Crippen molar-refractivity contribution >= 4 is 33.4 Å². The normalized spacial score (nSPS) is 18.3. The van der Waals surface area contributed by atoms with E-state index in [4.69, 9.17) is 16.0 Å². The van der Waals surface area contributed by atoms with E-state index in [1.54, 1.807) is 0 Å². The molecule has 0 bridgehead atoms. The molecule has 2 aromatic rings. The van der Waals surface area contributed by atoms with E-state index in [-0.39, 0.29) is 5.25 Å². The van der Waals surface area contributed by atoms with Crippen LogP contribution in [0.1, 0.15) is 49.0 Å². The van der Waals surface area contributed by atoms with Gasteiger partial charge in [0, 0.05) is 15.7 Å². The van der Waals surface area contributed by atoms with Crippen molar-refractivity contribution in [1.29, 1.82) is 0 Å². The highest BCUT2D eigenvalue weighted by molar-refractivity contribution is 7.86. The Hall–Kier alpha value is -0.800. The third kappa shape index (κ3) is 2.55. The molecule has 0 saturated heterocycles. The highest BCUT2D eigenvalue weighted by Crippen LogP contribution is 2.38. The summed E-state index contributed by atoms with van der Waals surface area (Å²) in [6.45, 7) is 5.89. The molecular formula is C17H21ClO2S. The largest absolute Gasteiger partial charge is 0.460 e. The molecule has 1 aromatic heterocycles. The first-order chi connectivity index (χ1) is 10.0. The summed E-state index contributed by atoms with van der Waals surface area (Å²) in [4.78, 5) is 0.872. The molecule has 0 unspecified atom stereocenters. The summed E-state index contributed by atoms with van der Waals surface area (Å²) in [5, 5.41) is 1.98. The van der Waals surface area contributed by atoms with E-state index >= 15 is 0 Å². The predicted molar refractivity (Wildman–Crippen MR) is 88.7 cm³/mol. The molecule has 21 heavy (non-hydrogen) atoms. The molecule has 1 aliphatic carbocycles. The standard InChI is InChI=1S/C17H21ClO2S/c1-10-9-14-15(11(2)16(10)18)17(12(3)20-14)21(19)13-7-5-4-6-8-13/h9,13H,4-8H2,1-3H3/t21-/m0/s1. The van der Waals surface area contributed by atoms with Gasteiger partial charge in [0.25, 0.3) is 0 Å². The molecule has 3 rings (SSSR count). The zero-order chi connectivity index (χ0) is 15.1. The van der Waals surface area contributed by atoms with Gasteiger partial charge in [0.15, 0.2) is 0 Å². The first-order valence-electron chi connectivity index (χ1n) is 7.60. The number of rotatable bonds is 2. The average Bonchev–Trinajstić information content (AvgIpc) is 2.81. The van der Waals surface area contributed by atoms with Gasteiger partial charge in [-0.25, -0.2) is 0 Å². The summed E-state index contributed by atoms with van der Waals surface area (Å²) in [7, 11) is -1.00. The van der Waals surface area contributed by atoms with Crippen LogP contribution in [-0.4, -0.2) is 9.46 Å². The molecule has 2 nitrogen and oxygen atoms in total. The minimum Gasteiger partial charge on any atom is -0.460 e. The second-order valence-corrected chi connectivity index (χ2v) is 8.10. The number of benzene rings is 1. The van der Waals surface area contributed by atoms with Crippen LogP contribution in [0.4, 0.5) is 0 Å². The first kappa shape index (κ1) is 15.1. The lowest BCUT2D eigenvalue weighted by Gasteiger charge is -2.21. The van der Waals surface area contributed by atoms with Crippen LogP contribution in [0.3, 0.4) is 0 Å². The highest BCUT2D eigenvalue weighted by Gasteiger charge is 2.27. The topological polar surface area (TPSA) is 30.2 Å². The molecule has 0 N–H and O–H groups in total. The number of fused-ring (bicyclic) bond motifs is 1. The van der Waals surface area contributed by atoms with Gasteiger partial charge >= 0.3 is 0 Å². The zero-order valence-corrected chi connectivity index (χ0v) is 14.4. The van der Waals surface area contributed by atoms with Gasteiger partial charge in [0.2, 0.25) is 0 Å². The van der Waals surface area contributed by atoms with E-state index in [2.05, 4.69) is 0 Å². The third-order valence-corrected chi connectivity index (χ3v) is 7.06. The van der Waals surface area contributed by atoms with Crippen LogP contribution in [0.15, 0.2) is 15.4 Å². The maximum atomic E-state index is 13.1. The Labute approximate surface area is 133 Å². The molecule has 0 spiro atoms. The lowest BCUT2D eigenvalue weighted by Crippen LogP contribution is -2.19. The molecular weight excluding hydrogens is 304 g/mol. The van der Waals surface area contributed by atoms with Crippen molar-refractivity contribution in [3.8, 4) is 0 Å². The lowest BCUT2D eigenvalue weighted by molar-refractivity contribution is 0.503. The first-order valence-corrected chi connectivity index (χ1v) is 9.19. The van der Waals surface area contributed by atoms with Gasteiger partial charge in [-0.3, -0.25) is 4.21 Å². The highest BCUT2D eigenvalue weighted by atomic mass is 35.5. The molecule has 0 amide bonds. The number of furan rings is 1. The molecule has 114 valence electrons. The third-order valence-electron chi connectivity index (χ3n) is 4.51. The van der Waals surface area contributed by atoms with E-state index < -0.39 is 10.8 Å². The van der Waals surface area contributed by atoms with Gasteiger partial charge in [0.1, 0.15) is 11.3 Å². The summed E-state index contributed by atoms with van der Waals surface area (Å²) >= 11 is 6.39. The predicted octanol–water partition coefficient (Wildman–Crippen LogP) is 5.45. The van der Waals surface area contributed by atoms with Gasteiger partial charge in [-0.15, -0.1) is 0 Å². The van der Waals surface area contributed by atoms with Crippen molar-refractivity contribution in [2.75, 3.05) is 0 Å². The van der Waals surface area contributed by atoms with Crippen LogP contribution in [-0.2, 0) is 10.8 Å². The van der Waals surface area contributed by atoms with E-state index in [1.807, 2.05) is 26.8 Å². The minimum absolute atomic E-state index is 0.262. The van der Waals surface area contributed by atoms with E-state index in [1.165, 1.54) is 19.3 Å². The van der Waals surface area contributed by atoms with Crippen LogP contribution in [0.5, 0.6) is 0 Å². The van der Waals surface area contributed by atoms with Crippen molar-refractivity contribution in [3.05, 3.63) is 28.0 Å². The van der Waals surface area contributed by atoms with Crippen molar-refractivity contribution in [1.82, 2.24) is 0 Å². The Morgan fingerprint density at radius 3 is 2.52 bits per heavy atom. The summed E-state index contributed by atoms with van der Waals surface area (Å²) in [6.07, 6.45) is 5.74. The molecule has 1 fully saturated rings. The molecule has 0 radical (unpaired) electrons. The molecule has 1 heterocycles. The van der Waals surface area contributed by atoms with Gasteiger partial charge in [-0.05, 0) is 50.8 Å². The van der Waals surface area contributed by atoms with Crippen molar-refractivity contribution < 1.29 is 8.63 Å². The van der Waals surface area contributed by atoms with E-state index in [0.717, 1.165) is 50.6 Å². The monoisotopic (exact) mass is 324 g/mol. The molecule has 1 aliphatic rings. The second-order valence-electron chi connectivity index (χ2n) is 6.05. The molecule has 0 aliphatic heterocycles. The van der Waals surface area contributed by atoms with Crippen LogP contribution >= 0.6 is 11.6 Å². The fraction of sp³-hybridized carbons (Fsp3) is 0.529. The number of hydrogen-bond donors (Lipinski definition) is 0. The SMILES string of the molecule is Cc1cc2oc(C)c([S@@](=O)C3CCCCC3)c2c(C)c1Cl. The van der Waals surface area contributed by atoms with Gasteiger partial charge in [-0.1, -0.05) is 30.9 Å². The Morgan fingerprint density at radius 1 is 1.19 bits per heavy atom. The number of hydrogen-bond acceptors (Lipinski definition) is 2. The van der Waals surface area contributed by atoms with Gasteiger partial charge in [-0.2, -0.15) is 0 Å². The maximum Gasteiger partial charge on any atom is 0.136 e. The fourth-order valence-electron chi connectivity index (χ4n) is 3.36. The van der Waals surface area contributed by atoms with Crippen LogP contribution < -0.4 is 0 Å². The Balaban J connectivity index is 2.15. The fourth-order valence-corrected chi connectivity index (χ4v) is 5.38. The maximum absolute atomic E-state index is 13.1. The Kier molecular flexibility index (Phi) is 4.15. The summed E-state index contributed by atoms with van der Waals surface area (Å²) in [6, 6.07) is 1.96. The van der Waals surface area contributed by atoms with Gasteiger partial charge in [0.05, 0.1) is 15.7 Å². The lowest BCUT2D eigenvalue weighted by atomic mass is 10.0. The molecule has 4 heteroatoms. The van der Waals surface area contributed by atoms with Crippen LogP contribution in [0.25, 0.3) is 11.0 Å².